The number of hydrogen-bond donors (Lipinski definition) is 2. The van der Waals surface area contributed by atoms with Crippen molar-refractivity contribution in [2.24, 2.45) is 0 Å². The molecule has 0 spiro atoms. The molecule has 240 valence electrons. The lowest BCUT2D eigenvalue weighted by Crippen LogP contribution is -1.98. The molecule has 4 aromatic rings. The molecule has 0 aliphatic carbocycles. The van der Waals surface area contributed by atoms with Gasteiger partial charge in [0.25, 0.3) is 0 Å². The van der Waals surface area contributed by atoms with Crippen molar-refractivity contribution in [1.29, 1.82) is 0 Å². The molecule has 4 N–H and O–H groups in total. The summed E-state index contributed by atoms with van der Waals surface area (Å²) in [7, 11) is 0. The van der Waals surface area contributed by atoms with Crippen molar-refractivity contribution < 1.29 is 0 Å². The Balaban J connectivity index is 1.02. The zero-order chi connectivity index (χ0) is 31.7. The lowest BCUT2D eigenvalue weighted by molar-refractivity contribution is 0.558. The molecule has 0 unspecified atom stereocenters. The van der Waals surface area contributed by atoms with Gasteiger partial charge in [-0.25, -0.2) is 0 Å². The summed E-state index contributed by atoms with van der Waals surface area (Å²) in [6, 6.07) is 31.4. The van der Waals surface area contributed by atoms with E-state index in [0.717, 1.165) is 49.9 Å². The monoisotopic (exact) mass is 602 g/mol. The van der Waals surface area contributed by atoms with Crippen LogP contribution in [0.5, 0.6) is 0 Å². The van der Waals surface area contributed by atoms with Crippen LogP contribution in [0, 0.1) is 0 Å². The maximum Gasteiger partial charge on any atom is 0.0316 e. The molecule has 2 heteroatoms. The first-order valence-electron chi connectivity index (χ1n) is 17.9. The first-order valence-corrected chi connectivity index (χ1v) is 17.9. The highest BCUT2D eigenvalue weighted by Crippen LogP contribution is 2.22. The van der Waals surface area contributed by atoms with Crippen molar-refractivity contribution in [3.63, 3.8) is 0 Å². The van der Waals surface area contributed by atoms with E-state index in [1.807, 2.05) is 12.1 Å². The maximum atomic E-state index is 6.03. The summed E-state index contributed by atoms with van der Waals surface area (Å²) in [4.78, 5) is 0. The van der Waals surface area contributed by atoms with Crippen LogP contribution < -0.4 is 11.5 Å². The van der Waals surface area contributed by atoms with Crippen LogP contribution in [0.2, 0.25) is 0 Å². The van der Waals surface area contributed by atoms with E-state index in [1.54, 1.807) is 0 Å². The van der Waals surface area contributed by atoms with Gasteiger partial charge in [0.2, 0.25) is 0 Å². The Morgan fingerprint density at radius 1 is 0.356 bits per heavy atom. The first-order chi connectivity index (χ1) is 22.0. The number of rotatable bonds is 20. The van der Waals surface area contributed by atoms with Crippen LogP contribution in [0.4, 0.5) is 11.4 Å². The minimum atomic E-state index is 0.873. The third-order valence-corrected chi connectivity index (χ3v) is 9.27. The number of unbranched alkanes of at least 4 members (excludes halogenated alkanes) is 8. The highest BCUT2D eigenvalue weighted by Gasteiger charge is 2.06. The summed E-state index contributed by atoms with van der Waals surface area (Å²) < 4.78 is 0. The summed E-state index contributed by atoms with van der Waals surface area (Å²) in [5.74, 6) is 0. The SMILES string of the molecule is CCCc1cc(N)ccc1Cc1ccc(CCCCCCCCCCCc2ccc(Cc3ccc(N)cc3CCC)cc2)cc1. The van der Waals surface area contributed by atoms with Gasteiger partial charge < -0.3 is 11.5 Å². The molecule has 0 saturated carbocycles. The van der Waals surface area contributed by atoms with E-state index in [9.17, 15) is 0 Å². The Morgan fingerprint density at radius 3 is 1.04 bits per heavy atom. The normalized spacial score (nSPS) is 11.2. The molecule has 0 aromatic heterocycles. The van der Waals surface area contributed by atoms with E-state index in [2.05, 4.69) is 86.6 Å². The van der Waals surface area contributed by atoms with Gasteiger partial charge in [0.15, 0.2) is 0 Å². The Labute approximate surface area is 274 Å². The van der Waals surface area contributed by atoms with Crippen molar-refractivity contribution >= 4 is 11.4 Å². The summed E-state index contributed by atoms with van der Waals surface area (Å²) in [5, 5.41) is 0. The minimum absolute atomic E-state index is 0.873. The average molecular weight is 603 g/mol. The molecular formula is C43H58N2. The molecule has 0 bridgehead atoms. The molecular weight excluding hydrogens is 544 g/mol. The van der Waals surface area contributed by atoms with Gasteiger partial charge >= 0.3 is 0 Å². The van der Waals surface area contributed by atoms with Crippen molar-refractivity contribution in [3.8, 4) is 0 Å². The van der Waals surface area contributed by atoms with E-state index >= 15 is 0 Å². The maximum absolute atomic E-state index is 6.03. The van der Waals surface area contributed by atoms with Gasteiger partial charge in [0.05, 0.1) is 0 Å². The van der Waals surface area contributed by atoms with Gasteiger partial charge in [-0.15, -0.1) is 0 Å². The Kier molecular flexibility index (Phi) is 14.6. The number of nitrogen functional groups attached to an aromatic ring is 2. The smallest absolute Gasteiger partial charge is 0.0316 e. The van der Waals surface area contributed by atoms with Gasteiger partial charge in [-0.05, 0) is 120 Å². The van der Waals surface area contributed by atoms with E-state index in [4.69, 9.17) is 11.5 Å². The number of anilines is 2. The highest BCUT2D eigenvalue weighted by molar-refractivity contribution is 5.47. The van der Waals surface area contributed by atoms with Crippen LogP contribution in [0.15, 0.2) is 84.9 Å². The molecule has 0 aliphatic heterocycles. The second kappa shape index (κ2) is 19.1. The second-order valence-electron chi connectivity index (χ2n) is 13.2. The van der Waals surface area contributed by atoms with Crippen molar-refractivity contribution in [3.05, 3.63) is 129 Å². The average Bonchev–Trinajstić information content (AvgIpc) is 3.04. The van der Waals surface area contributed by atoms with Gasteiger partial charge in [0, 0.05) is 11.4 Å². The fourth-order valence-corrected chi connectivity index (χ4v) is 6.62. The Hall–Kier alpha value is -3.52. The molecule has 0 fully saturated rings. The Bertz CT molecular complexity index is 1290. The molecule has 2 nitrogen and oxygen atoms in total. The van der Waals surface area contributed by atoms with Crippen molar-refractivity contribution in [2.45, 2.75) is 123 Å². The number of benzene rings is 4. The van der Waals surface area contributed by atoms with Gasteiger partial charge in [-0.1, -0.05) is 132 Å². The van der Waals surface area contributed by atoms with Gasteiger partial charge in [-0.3, -0.25) is 0 Å². The minimum Gasteiger partial charge on any atom is -0.399 e. The van der Waals surface area contributed by atoms with Crippen molar-refractivity contribution in [1.82, 2.24) is 0 Å². The van der Waals surface area contributed by atoms with Crippen LogP contribution in [-0.2, 0) is 38.5 Å². The van der Waals surface area contributed by atoms with E-state index in [1.165, 1.54) is 115 Å². The molecule has 0 aliphatic rings. The fraction of sp³-hybridized carbons (Fsp3) is 0.442. The molecule has 0 heterocycles. The van der Waals surface area contributed by atoms with Crippen LogP contribution in [0.3, 0.4) is 0 Å². The summed E-state index contributed by atoms with van der Waals surface area (Å²) in [5.41, 5.74) is 25.2. The van der Waals surface area contributed by atoms with Crippen molar-refractivity contribution in [2.75, 3.05) is 11.5 Å². The zero-order valence-corrected chi connectivity index (χ0v) is 28.3. The largest absolute Gasteiger partial charge is 0.399 e. The molecule has 0 atom stereocenters. The topological polar surface area (TPSA) is 52.0 Å². The summed E-state index contributed by atoms with van der Waals surface area (Å²) in [6.07, 6.45) is 21.1. The van der Waals surface area contributed by atoms with Gasteiger partial charge in [-0.2, -0.15) is 0 Å². The lowest BCUT2D eigenvalue weighted by atomic mass is 9.95. The summed E-state index contributed by atoms with van der Waals surface area (Å²) >= 11 is 0. The first kappa shape index (κ1) is 34.4. The standard InChI is InChI=1S/C43H58N2/c1-3-14-38-32-42(44)28-26-40(38)30-36-22-18-34(19-23-36)16-12-10-8-6-5-7-9-11-13-17-35-20-24-37(25-21-35)31-41-27-29-43(45)33-39(41)15-4-2/h18-29,32-33H,3-17,30-31,44-45H2,1-2H3. The molecule has 45 heavy (non-hydrogen) atoms. The van der Waals surface area contributed by atoms with E-state index < -0.39 is 0 Å². The van der Waals surface area contributed by atoms with Crippen LogP contribution in [-0.4, -0.2) is 0 Å². The quantitative estimate of drug-likeness (QED) is 0.0781. The number of aryl methyl sites for hydroxylation is 4. The molecule has 4 aromatic carbocycles. The zero-order valence-electron chi connectivity index (χ0n) is 28.3. The van der Waals surface area contributed by atoms with E-state index in [-0.39, 0.29) is 0 Å². The molecule has 0 saturated heterocycles. The van der Waals surface area contributed by atoms with Crippen LogP contribution in [0.25, 0.3) is 0 Å². The fourth-order valence-electron chi connectivity index (χ4n) is 6.62. The molecule has 4 rings (SSSR count). The second-order valence-corrected chi connectivity index (χ2v) is 13.2. The third kappa shape index (κ3) is 12.1. The lowest BCUT2D eigenvalue weighted by Gasteiger charge is -2.11. The number of nitrogens with two attached hydrogens (primary N) is 2. The van der Waals surface area contributed by atoms with Gasteiger partial charge in [0.1, 0.15) is 0 Å². The predicted molar refractivity (Wildman–Crippen MR) is 197 cm³/mol. The molecule has 0 amide bonds. The molecule has 0 radical (unpaired) electrons. The highest BCUT2D eigenvalue weighted by atomic mass is 14.5. The van der Waals surface area contributed by atoms with Crippen LogP contribution >= 0.6 is 0 Å². The summed E-state index contributed by atoms with van der Waals surface area (Å²) in [6.45, 7) is 4.47. The third-order valence-electron chi connectivity index (χ3n) is 9.27. The predicted octanol–water partition coefficient (Wildman–Crippen LogP) is 11.2. The Morgan fingerprint density at radius 2 is 0.689 bits per heavy atom. The number of hydrogen-bond acceptors (Lipinski definition) is 2. The van der Waals surface area contributed by atoms with Crippen LogP contribution in [0.1, 0.15) is 129 Å². The van der Waals surface area contributed by atoms with E-state index in [0.29, 0.717) is 0 Å².